The number of sulfonamides is 1. The number of pyridine rings is 1. The van der Waals surface area contributed by atoms with Crippen LogP contribution in [0.5, 0.6) is 0 Å². The minimum atomic E-state index is -3.65. The zero-order valence-corrected chi connectivity index (χ0v) is 12.6. The molecule has 0 spiro atoms. The molecule has 0 radical (unpaired) electrons. The van der Waals surface area contributed by atoms with E-state index in [-0.39, 0.29) is 16.9 Å². The number of nitrogens with zero attached hydrogens (tertiary/aromatic N) is 3. The Morgan fingerprint density at radius 3 is 2.71 bits per heavy atom. The zero-order valence-electron chi connectivity index (χ0n) is 11.8. The molecule has 0 saturated carbocycles. The molecule has 21 heavy (non-hydrogen) atoms. The van der Waals surface area contributed by atoms with Gasteiger partial charge in [-0.25, -0.2) is 13.4 Å². The van der Waals surface area contributed by atoms with Crippen molar-refractivity contribution >= 4 is 21.5 Å². The van der Waals surface area contributed by atoms with Crippen LogP contribution in [0.15, 0.2) is 29.4 Å². The smallest absolute Gasteiger partial charge is 0.262 e. The van der Waals surface area contributed by atoms with E-state index in [1.807, 2.05) is 0 Å². The van der Waals surface area contributed by atoms with Gasteiger partial charge in [0.05, 0.1) is 6.10 Å². The number of aromatic nitrogens is 2. The molecule has 2 aromatic rings. The third kappa shape index (κ3) is 2.39. The third-order valence-electron chi connectivity index (χ3n) is 3.83. The lowest BCUT2D eigenvalue weighted by Gasteiger charge is -2.30. The van der Waals surface area contributed by atoms with Crippen molar-refractivity contribution in [3.8, 4) is 0 Å². The fraction of sp³-hybridized carbons (Fsp3) is 0.462. The van der Waals surface area contributed by atoms with Crippen LogP contribution in [0.25, 0.3) is 5.65 Å². The number of nitrogens with two attached hydrogens (primary N) is 1. The molecule has 2 N–H and O–H groups in total. The molecule has 1 aliphatic rings. The summed E-state index contributed by atoms with van der Waals surface area (Å²) in [5, 5.41) is 0.0500. The van der Waals surface area contributed by atoms with Crippen molar-refractivity contribution in [3.63, 3.8) is 0 Å². The molecular weight excluding hydrogens is 292 g/mol. The number of piperidine rings is 1. The standard InChI is InChI=1S/C13H18N4O3S/c1-20-10-5-8-16(9-6-10)21(18,19)13-12(14)15-11-4-2-3-7-17(11)13/h2-4,7,10H,5-6,8-9,14H2,1H3. The van der Waals surface area contributed by atoms with Crippen LogP contribution in [0.2, 0.25) is 0 Å². The molecule has 1 fully saturated rings. The highest BCUT2D eigenvalue weighted by atomic mass is 32.2. The highest BCUT2D eigenvalue weighted by Crippen LogP contribution is 2.26. The Morgan fingerprint density at radius 1 is 1.33 bits per heavy atom. The first-order chi connectivity index (χ1) is 10.0. The highest BCUT2D eigenvalue weighted by Gasteiger charge is 2.33. The summed E-state index contributed by atoms with van der Waals surface area (Å²) in [5.74, 6) is 0.0371. The van der Waals surface area contributed by atoms with E-state index in [4.69, 9.17) is 10.5 Å². The summed E-state index contributed by atoms with van der Waals surface area (Å²) < 4.78 is 33.9. The predicted molar refractivity (Wildman–Crippen MR) is 78.4 cm³/mol. The van der Waals surface area contributed by atoms with Crippen molar-refractivity contribution < 1.29 is 13.2 Å². The van der Waals surface area contributed by atoms with Crippen LogP contribution in [-0.4, -0.2) is 48.4 Å². The molecule has 0 aliphatic carbocycles. The summed E-state index contributed by atoms with van der Waals surface area (Å²) in [7, 11) is -2.00. The molecule has 0 aromatic carbocycles. The van der Waals surface area contributed by atoms with Gasteiger partial charge in [0.2, 0.25) is 0 Å². The molecule has 1 saturated heterocycles. The van der Waals surface area contributed by atoms with Gasteiger partial charge in [-0.3, -0.25) is 4.40 Å². The second-order valence-electron chi connectivity index (χ2n) is 5.07. The molecule has 3 heterocycles. The lowest BCUT2D eigenvalue weighted by molar-refractivity contribution is 0.0604. The predicted octanol–water partition coefficient (Wildman–Crippen LogP) is 0.716. The minimum Gasteiger partial charge on any atom is -0.381 e. The Labute approximate surface area is 123 Å². The number of methoxy groups -OCH3 is 1. The van der Waals surface area contributed by atoms with Crippen molar-refractivity contribution in [1.29, 1.82) is 0 Å². The zero-order chi connectivity index (χ0) is 15.0. The van der Waals surface area contributed by atoms with E-state index < -0.39 is 10.0 Å². The fourth-order valence-corrected chi connectivity index (χ4v) is 4.33. The maximum absolute atomic E-state index is 12.8. The van der Waals surface area contributed by atoms with Gasteiger partial charge in [0.25, 0.3) is 10.0 Å². The molecule has 3 rings (SSSR count). The topological polar surface area (TPSA) is 89.9 Å². The van der Waals surface area contributed by atoms with E-state index in [2.05, 4.69) is 4.98 Å². The minimum absolute atomic E-state index is 0.0371. The molecule has 2 aromatic heterocycles. The van der Waals surface area contributed by atoms with Crippen LogP contribution in [0, 0.1) is 0 Å². The molecule has 1 aliphatic heterocycles. The maximum Gasteiger partial charge on any atom is 0.262 e. The quantitative estimate of drug-likeness (QED) is 0.902. The van der Waals surface area contributed by atoms with Crippen LogP contribution in [0.1, 0.15) is 12.8 Å². The van der Waals surface area contributed by atoms with Gasteiger partial charge >= 0.3 is 0 Å². The summed E-state index contributed by atoms with van der Waals surface area (Å²) in [5.41, 5.74) is 6.37. The maximum atomic E-state index is 12.8. The van der Waals surface area contributed by atoms with Gasteiger partial charge in [0.15, 0.2) is 10.8 Å². The number of hydrogen-bond acceptors (Lipinski definition) is 5. The number of rotatable bonds is 3. The Kier molecular flexibility index (Phi) is 3.60. The van der Waals surface area contributed by atoms with Crippen LogP contribution in [-0.2, 0) is 14.8 Å². The van der Waals surface area contributed by atoms with Gasteiger partial charge in [0, 0.05) is 26.4 Å². The SMILES string of the molecule is COC1CCN(S(=O)(=O)c2c(N)nc3ccccn23)CC1. The lowest BCUT2D eigenvalue weighted by Crippen LogP contribution is -2.41. The van der Waals surface area contributed by atoms with Gasteiger partial charge in [-0.2, -0.15) is 4.31 Å². The Morgan fingerprint density at radius 2 is 2.05 bits per heavy atom. The van der Waals surface area contributed by atoms with Gasteiger partial charge in [-0.1, -0.05) is 6.07 Å². The Bertz CT molecular complexity index is 748. The van der Waals surface area contributed by atoms with Crippen LogP contribution in [0.3, 0.4) is 0 Å². The van der Waals surface area contributed by atoms with Crippen molar-refractivity contribution in [2.24, 2.45) is 0 Å². The Hall–Kier alpha value is -1.64. The van der Waals surface area contributed by atoms with Crippen molar-refractivity contribution in [1.82, 2.24) is 13.7 Å². The van der Waals surface area contributed by atoms with E-state index in [1.54, 1.807) is 31.5 Å². The van der Waals surface area contributed by atoms with Gasteiger partial charge < -0.3 is 10.5 Å². The van der Waals surface area contributed by atoms with E-state index in [0.717, 1.165) is 0 Å². The molecule has 7 nitrogen and oxygen atoms in total. The van der Waals surface area contributed by atoms with E-state index in [0.29, 0.717) is 31.6 Å². The Balaban J connectivity index is 1.99. The van der Waals surface area contributed by atoms with E-state index in [9.17, 15) is 8.42 Å². The molecule has 0 amide bonds. The first kappa shape index (κ1) is 14.3. The summed E-state index contributed by atoms with van der Waals surface area (Å²) >= 11 is 0. The lowest BCUT2D eigenvalue weighted by atomic mass is 10.1. The number of hydrogen-bond donors (Lipinski definition) is 1. The number of imidazole rings is 1. The molecule has 114 valence electrons. The van der Waals surface area contributed by atoms with Gasteiger partial charge in [-0.05, 0) is 25.0 Å². The van der Waals surface area contributed by atoms with Crippen molar-refractivity contribution in [2.45, 2.75) is 24.0 Å². The normalized spacial score (nSPS) is 18.3. The number of ether oxygens (including phenoxy) is 1. The number of anilines is 1. The summed E-state index contributed by atoms with van der Waals surface area (Å²) in [6, 6.07) is 5.28. The monoisotopic (exact) mass is 310 g/mol. The van der Waals surface area contributed by atoms with E-state index in [1.165, 1.54) is 8.71 Å². The average molecular weight is 310 g/mol. The molecular formula is C13H18N4O3S. The summed E-state index contributed by atoms with van der Waals surface area (Å²) in [6.07, 6.45) is 3.16. The van der Waals surface area contributed by atoms with Crippen LogP contribution < -0.4 is 5.73 Å². The third-order valence-corrected chi connectivity index (χ3v) is 5.77. The van der Waals surface area contributed by atoms with Crippen molar-refractivity contribution in [3.05, 3.63) is 24.4 Å². The molecule has 0 unspecified atom stereocenters. The largest absolute Gasteiger partial charge is 0.381 e. The summed E-state index contributed by atoms with van der Waals surface area (Å²) in [4.78, 5) is 4.12. The fourth-order valence-electron chi connectivity index (χ4n) is 2.68. The molecule has 0 atom stereocenters. The second-order valence-corrected chi connectivity index (χ2v) is 6.92. The van der Waals surface area contributed by atoms with Gasteiger partial charge in [-0.15, -0.1) is 0 Å². The highest BCUT2D eigenvalue weighted by molar-refractivity contribution is 7.89. The van der Waals surface area contributed by atoms with E-state index >= 15 is 0 Å². The first-order valence-electron chi connectivity index (χ1n) is 6.79. The first-order valence-corrected chi connectivity index (χ1v) is 8.23. The average Bonchev–Trinajstić information content (AvgIpc) is 2.83. The van der Waals surface area contributed by atoms with Crippen LogP contribution >= 0.6 is 0 Å². The summed E-state index contributed by atoms with van der Waals surface area (Å²) in [6.45, 7) is 0.862. The van der Waals surface area contributed by atoms with Crippen molar-refractivity contribution in [2.75, 3.05) is 25.9 Å². The van der Waals surface area contributed by atoms with Gasteiger partial charge in [0.1, 0.15) is 5.65 Å². The second kappa shape index (κ2) is 5.28. The molecule has 0 bridgehead atoms. The number of nitrogen functional groups attached to an aromatic ring is 1. The number of fused-ring (bicyclic) bond motifs is 1. The van der Waals surface area contributed by atoms with Crippen LogP contribution in [0.4, 0.5) is 5.82 Å². The molecule has 8 heteroatoms.